The van der Waals surface area contributed by atoms with Gasteiger partial charge in [0.15, 0.2) is 4.67 Å². The van der Waals surface area contributed by atoms with Gasteiger partial charge in [-0.05, 0) is 52.7 Å². The molecule has 0 radical (unpaired) electrons. The van der Waals surface area contributed by atoms with E-state index in [0.717, 1.165) is 5.56 Å². The van der Waals surface area contributed by atoms with Crippen LogP contribution in [-0.4, -0.2) is 5.97 Å². The Bertz CT molecular complexity index is 516. The van der Waals surface area contributed by atoms with Gasteiger partial charge in [-0.25, -0.2) is 4.79 Å². The third-order valence-electron chi connectivity index (χ3n) is 1.97. The van der Waals surface area contributed by atoms with Gasteiger partial charge in [0.2, 0.25) is 5.76 Å². The molecule has 0 amide bonds. The van der Waals surface area contributed by atoms with Crippen molar-refractivity contribution < 1.29 is 13.9 Å². The van der Waals surface area contributed by atoms with Gasteiger partial charge < -0.3 is 9.15 Å². The SMILES string of the molecule is Cc1cccc(OC(=O)c2ccc(Br)o2)c1. The summed E-state index contributed by atoms with van der Waals surface area (Å²) in [6.45, 7) is 1.93. The fraction of sp³-hybridized carbons (Fsp3) is 0.0833. The second kappa shape index (κ2) is 4.53. The lowest BCUT2D eigenvalue weighted by molar-refractivity contribution is 0.0700. The zero-order chi connectivity index (χ0) is 11.5. The van der Waals surface area contributed by atoms with E-state index in [4.69, 9.17) is 9.15 Å². The van der Waals surface area contributed by atoms with Crippen LogP contribution < -0.4 is 4.74 Å². The Kier molecular flexibility index (Phi) is 3.10. The van der Waals surface area contributed by atoms with Crippen LogP contribution in [0, 0.1) is 6.92 Å². The molecule has 0 saturated carbocycles. The van der Waals surface area contributed by atoms with Crippen LogP contribution in [0.5, 0.6) is 5.75 Å². The Morgan fingerprint density at radius 1 is 1.31 bits per heavy atom. The topological polar surface area (TPSA) is 39.4 Å². The summed E-state index contributed by atoms with van der Waals surface area (Å²) < 4.78 is 10.7. The lowest BCUT2D eigenvalue weighted by Crippen LogP contribution is -2.07. The molecule has 0 aliphatic carbocycles. The lowest BCUT2D eigenvalue weighted by Gasteiger charge is -2.02. The average molecular weight is 281 g/mol. The van der Waals surface area contributed by atoms with Crippen LogP contribution in [0.3, 0.4) is 0 Å². The van der Waals surface area contributed by atoms with Crippen molar-refractivity contribution in [3.63, 3.8) is 0 Å². The Morgan fingerprint density at radius 3 is 2.75 bits per heavy atom. The molecule has 3 nitrogen and oxygen atoms in total. The Morgan fingerprint density at radius 2 is 2.12 bits per heavy atom. The summed E-state index contributed by atoms with van der Waals surface area (Å²) in [5.41, 5.74) is 1.03. The van der Waals surface area contributed by atoms with E-state index < -0.39 is 5.97 Å². The molecule has 2 rings (SSSR count). The quantitative estimate of drug-likeness (QED) is 0.624. The van der Waals surface area contributed by atoms with Gasteiger partial charge in [-0.15, -0.1) is 0 Å². The van der Waals surface area contributed by atoms with Gasteiger partial charge >= 0.3 is 5.97 Å². The fourth-order valence-corrected chi connectivity index (χ4v) is 1.57. The summed E-state index contributed by atoms with van der Waals surface area (Å²) in [6, 6.07) is 10.5. The van der Waals surface area contributed by atoms with E-state index in [2.05, 4.69) is 15.9 Å². The first-order valence-corrected chi connectivity index (χ1v) is 5.48. The van der Waals surface area contributed by atoms with Crippen molar-refractivity contribution in [3.8, 4) is 5.75 Å². The van der Waals surface area contributed by atoms with Crippen molar-refractivity contribution in [1.29, 1.82) is 0 Å². The minimum absolute atomic E-state index is 0.174. The molecule has 4 heteroatoms. The number of halogens is 1. The second-order valence-electron chi connectivity index (χ2n) is 3.31. The maximum Gasteiger partial charge on any atom is 0.379 e. The summed E-state index contributed by atoms with van der Waals surface area (Å²) in [4.78, 5) is 11.6. The molecule has 0 unspecified atom stereocenters. The maximum absolute atomic E-state index is 11.6. The van der Waals surface area contributed by atoms with Crippen LogP contribution in [-0.2, 0) is 0 Å². The molecule has 82 valence electrons. The largest absolute Gasteiger partial charge is 0.442 e. The third-order valence-corrected chi connectivity index (χ3v) is 2.40. The first-order chi connectivity index (χ1) is 7.65. The summed E-state index contributed by atoms with van der Waals surface area (Å²) >= 11 is 3.12. The molecule has 0 N–H and O–H groups in total. The molecule has 0 aliphatic rings. The van der Waals surface area contributed by atoms with Gasteiger partial charge in [0.05, 0.1) is 0 Å². The standard InChI is InChI=1S/C12H9BrO3/c1-8-3-2-4-9(7-8)15-12(14)10-5-6-11(13)16-10/h2-7H,1H3. The van der Waals surface area contributed by atoms with E-state index in [1.807, 2.05) is 19.1 Å². The number of hydrogen-bond donors (Lipinski definition) is 0. The minimum atomic E-state index is -0.503. The number of esters is 1. The average Bonchev–Trinajstić information content (AvgIpc) is 2.65. The summed E-state index contributed by atoms with van der Waals surface area (Å²) in [7, 11) is 0. The Hall–Kier alpha value is -1.55. The fourth-order valence-electron chi connectivity index (χ4n) is 1.26. The molecule has 0 atom stereocenters. The van der Waals surface area contributed by atoms with Crippen molar-refractivity contribution in [2.75, 3.05) is 0 Å². The number of carbonyl (C=O) groups is 1. The van der Waals surface area contributed by atoms with E-state index in [1.165, 1.54) is 0 Å². The summed E-state index contributed by atoms with van der Waals surface area (Å²) in [6.07, 6.45) is 0. The Labute approximate surface area is 101 Å². The van der Waals surface area contributed by atoms with Crippen molar-refractivity contribution in [2.45, 2.75) is 6.92 Å². The van der Waals surface area contributed by atoms with Gasteiger partial charge in [-0.3, -0.25) is 0 Å². The van der Waals surface area contributed by atoms with Crippen molar-refractivity contribution >= 4 is 21.9 Å². The van der Waals surface area contributed by atoms with Gasteiger partial charge in [-0.2, -0.15) is 0 Å². The number of carbonyl (C=O) groups excluding carboxylic acids is 1. The number of ether oxygens (including phenoxy) is 1. The number of rotatable bonds is 2. The summed E-state index contributed by atoms with van der Waals surface area (Å²) in [5, 5.41) is 0. The Balaban J connectivity index is 2.13. The highest BCUT2D eigenvalue weighted by atomic mass is 79.9. The van der Waals surface area contributed by atoms with E-state index in [0.29, 0.717) is 10.4 Å². The lowest BCUT2D eigenvalue weighted by atomic mass is 10.2. The van der Waals surface area contributed by atoms with E-state index >= 15 is 0 Å². The van der Waals surface area contributed by atoms with Gasteiger partial charge in [0.1, 0.15) is 5.75 Å². The van der Waals surface area contributed by atoms with Crippen LogP contribution in [0.2, 0.25) is 0 Å². The molecule has 0 fully saturated rings. The van der Waals surface area contributed by atoms with Gasteiger partial charge in [0.25, 0.3) is 0 Å². The highest BCUT2D eigenvalue weighted by Crippen LogP contribution is 2.18. The van der Waals surface area contributed by atoms with Crippen molar-refractivity contribution in [2.24, 2.45) is 0 Å². The molecule has 2 aromatic rings. The molecule has 1 aromatic carbocycles. The highest BCUT2D eigenvalue weighted by molar-refractivity contribution is 9.10. The van der Waals surface area contributed by atoms with Crippen LogP contribution in [0.25, 0.3) is 0 Å². The van der Waals surface area contributed by atoms with E-state index in [-0.39, 0.29) is 5.76 Å². The third kappa shape index (κ3) is 2.52. The predicted octanol–water partition coefficient (Wildman–Crippen LogP) is 3.57. The molecular weight excluding hydrogens is 272 g/mol. The van der Waals surface area contributed by atoms with E-state index in [1.54, 1.807) is 24.3 Å². The van der Waals surface area contributed by atoms with Gasteiger partial charge in [-0.1, -0.05) is 12.1 Å². The van der Waals surface area contributed by atoms with Crippen LogP contribution in [0.1, 0.15) is 16.1 Å². The molecule has 16 heavy (non-hydrogen) atoms. The molecular formula is C12H9BrO3. The monoisotopic (exact) mass is 280 g/mol. The first kappa shape index (κ1) is 11.0. The number of benzene rings is 1. The molecule has 1 aromatic heterocycles. The molecule has 1 heterocycles. The second-order valence-corrected chi connectivity index (χ2v) is 4.09. The zero-order valence-corrected chi connectivity index (χ0v) is 10.2. The first-order valence-electron chi connectivity index (χ1n) is 4.69. The number of furan rings is 1. The molecule has 0 bridgehead atoms. The molecule has 0 spiro atoms. The minimum Gasteiger partial charge on any atom is -0.442 e. The van der Waals surface area contributed by atoms with Gasteiger partial charge in [0, 0.05) is 0 Å². The number of hydrogen-bond acceptors (Lipinski definition) is 3. The maximum atomic E-state index is 11.6. The van der Waals surface area contributed by atoms with E-state index in [9.17, 15) is 4.79 Å². The molecule has 0 aliphatic heterocycles. The van der Waals surface area contributed by atoms with Crippen LogP contribution >= 0.6 is 15.9 Å². The van der Waals surface area contributed by atoms with Crippen LogP contribution in [0.4, 0.5) is 0 Å². The van der Waals surface area contributed by atoms with Crippen molar-refractivity contribution in [1.82, 2.24) is 0 Å². The normalized spacial score (nSPS) is 10.1. The predicted molar refractivity (Wildman–Crippen MR) is 62.5 cm³/mol. The highest BCUT2D eigenvalue weighted by Gasteiger charge is 2.12. The number of aryl methyl sites for hydroxylation is 1. The van der Waals surface area contributed by atoms with Crippen LogP contribution in [0.15, 0.2) is 45.5 Å². The van der Waals surface area contributed by atoms with Crippen molar-refractivity contribution in [3.05, 3.63) is 52.4 Å². The zero-order valence-electron chi connectivity index (χ0n) is 8.57. The smallest absolute Gasteiger partial charge is 0.379 e. The summed E-state index contributed by atoms with van der Waals surface area (Å²) in [5.74, 6) is 0.183. The molecule has 0 saturated heterocycles.